The highest BCUT2D eigenvalue weighted by Gasteiger charge is 2.13. The highest BCUT2D eigenvalue weighted by molar-refractivity contribution is 6.35. The molecule has 0 atom stereocenters. The van der Waals surface area contributed by atoms with Gasteiger partial charge in [0.2, 0.25) is 0 Å². The normalized spacial score (nSPS) is 10.8. The van der Waals surface area contributed by atoms with Crippen LogP contribution in [0.2, 0.25) is 10.0 Å². The highest BCUT2D eigenvalue weighted by atomic mass is 35.5. The molecule has 0 amide bonds. The van der Waals surface area contributed by atoms with E-state index in [4.69, 9.17) is 38.2 Å². The van der Waals surface area contributed by atoms with E-state index in [0.717, 1.165) is 27.8 Å². The number of benzene rings is 4. The summed E-state index contributed by atoms with van der Waals surface area (Å²) in [7, 11) is 0. The van der Waals surface area contributed by atoms with Crippen LogP contribution in [0.4, 0.5) is 0 Å². The van der Waals surface area contributed by atoms with Crippen molar-refractivity contribution in [3.05, 3.63) is 113 Å². The molecule has 0 N–H and O–H groups in total. The second-order valence-corrected chi connectivity index (χ2v) is 8.15. The number of hydrogen-bond donors (Lipinski definition) is 0. The minimum absolute atomic E-state index is 0.517. The lowest BCUT2D eigenvalue weighted by Crippen LogP contribution is -2.00. The van der Waals surface area contributed by atoms with Gasteiger partial charge in [0.25, 0.3) is 0 Å². The summed E-state index contributed by atoms with van der Waals surface area (Å²) in [5.74, 6) is 1.69. The zero-order valence-corrected chi connectivity index (χ0v) is 18.4. The van der Waals surface area contributed by atoms with E-state index in [-0.39, 0.29) is 0 Å². The molecule has 3 nitrogen and oxygen atoms in total. The van der Waals surface area contributed by atoms with Crippen LogP contribution in [-0.4, -0.2) is 15.0 Å². The predicted octanol–water partition coefficient (Wildman–Crippen LogP) is 7.85. The zero-order valence-electron chi connectivity index (χ0n) is 16.9. The number of nitrogens with zero attached hydrogens (tertiary/aromatic N) is 3. The van der Waals surface area contributed by atoms with Gasteiger partial charge in [-0.1, -0.05) is 102 Å². The first-order valence-corrected chi connectivity index (χ1v) is 10.9. The van der Waals surface area contributed by atoms with E-state index in [1.165, 1.54) is 0 Å². The van der Waals surface area contributed by atoms with E-state index in [2.05, 4.69) is 24.3 Å². The average Bonchev–Trinajstić information content (AvgIpc) is 2.84. The molecule has 0 spiro atoms. The molecule has 0 aliphatic heterocycles. The smallest absolute Gasteiger partial charge is 0.164 e. The van der Waals surface area contributed by atoms with Gasteiger partial charge in [-0.05, 0) is 35.4 Å². The topological polar surface area (TPSA) is 38.7 Å². The molecule has 0 unspecified atom stereocenters. The van der Waals surface area contributed by atoms with Crippen LogP contribution in [0.25, 0.3) is 45.3 Å². The summed E-state index contributed by atoms with van der Waals surface area (Å²) in [6.45, 7) is 0. The summed E-state index contributed by atoms with van der Waals surface area (Å²) in [6, 6.07) is 33.6. The van der Waals surface area contributed by atoms with Crippen LogP contribution in [0.15, 0.2) is 103 Å². The quantitative estimate of drug-likeness (QED) is 0.278. The van der Waals surface area contributed by atoms with Crippen LogP contribution in [0, 0.1) is 0 Å². The summed E-state index contributed by atoms with van der Waals surface area (Å²) in [5, 5.41) is 1.06. The van der Waals surface area contributed by atoms with Crippen molar-refractivity contribution < 1.29 is 0 Å². The third kappa shape index (κ3) is 4.40. The van der Waals surface area contributed by atoms with E-state index in [1.54, 1.807) is 6.07 Å². The molecule has 5 heteroatoms. The van der Waals surface area contributed by atoms with Crippen molar-refractivity contribution in [2.75, 3.05) is 0 Å². The van der Waals surface area contributed by atoms with Gasteiger partial charge in [0.05, 0.1) is 0 Å². The van der Waals surface area contributed by atoms with Crippen LogP contribution in [0.3, 0.4) is 0 Å². The maximum Gasteiger partial charge on any atom is 0.164 e. The van der Waals surface area contributed by atoms with Crippen LogP contribution >= 0.6 is 23.2 Å². The van der Waals surface area contributed by atoms with Gasteiger partial charge in [0.1, 0.15) is 0 Å². The number of hydrogen-bond acceptors (Lipinski definition) is 3. The van der Waals surface area contributed by atoms with Crippen LogP contribution in [0.1, 0.15) is 0 Å². The number of aromatic nitrogens is 3. The maximum absolute atomic E-state index is 6.25. The molecule has 0 aliphatic carbocycles. The average molecular weight is 454 g/mol. The summed E-state index contributed by atoms with van der Waals surface area (Å²) in [5.41, 5.74) is 4.78. The minimum atomic E-state index is 0.517. The summed E-state index contributed by atoms with van der Waals surface area (Å²) >= 11 is 12.5. The van der Waals surface area contributed by atoms with E-state index < -0.39 is 0 Å². The van der Waals surface area contributed by atoms with E-state index in [9.17, 15) is 0 Å². The van der Waals surface area contributed by atoms with Crippen molar-refractivity contribution in [1.29, 1.82) is 0 Å². The monoisotopic (exact) mass is 453 g/mol. The van der Waals surface area contributed by atoms with Crippen molar-refractivity contribution in [3.63, 3.8) is 0 Å². The molecular weight excluding hydrogens is 437 g/mol. The third-order valence-corrected chi connectivity index (χ3v) is 5.45. The Morgan fingerprint density at radius 2 is 0.844 bits per heavy atom. The number of halogens is 2. The molecule has 0 saturated heterocycles. The fourth-order valence-electron chi connectivity index (χ4n) is 3.50. The van der Waals surface area contributed by atoms with Crippen LogP contribution in [-0.2, 0) is 0 Å². The third-order valence-electron chi connectivity index (χ3n) is 5.02. The SMILES string of the molecule is Clc1cc(Cl)cc(-c2nc(-c3ccccc3)nc(-c3cccc(-c4ccccc4)c3)n2)c1. The van der Waals surface area contributed by atoms with Crippen LogP contribution < -0.4 is 0 Å². The first-order valence-electron chi connectivity index (χ1n) is 10.1. The van der Waals surface area contributed by atoms with Crippen LogP contribution in [0.5, 0.6) is 0 Å². The van der Waals surface area contributed by atoms with Crippen molar-refractivity contribution in [3.8, 4) is 45.3 Å². The van der Waals surface area contributed by atoms with Gasteiger partial charge in [-0.2, -0.15) is 0 Å². The van der Waals surface area contributed by atoms with Crippen molar-refractivity contribution >= 4 is 23.2 Å². The lowest BCUT2D eigenvalue weighted by molar-refractivity contribution is 1.07. The Bertz CT molecular complexity index is 1370. The molecule has 1 aromatic heterocycles. The first-order chi connectivity index (χ1) is 15.7. The highest BCUT2D eigenvalue weighted by Crippen LogP contribution is 2.30. The molecule has 0 fully saturated rings. The second-order valence-electron chi connectivity index (χ2n) is 7.28. The molecule has 5 rings (SSSR count). The fraction of sp³-hybridized carbons (Fsp3) is 0. The van der Waals surface area contributed by atoms with Gasteiger partial charge >= 0.3 is 0 Å². The molecule has 4 aromatic carbocycles. The van der Waals surface area contributed by atoms with E-state index in [0.29, 0.717) is 27.5 Å². The van der Waals surface area contributed by atoms with Gasteiger partial charge in [-0.15, -0.1) is 0 Å². The Hall–Kier alpha value is -3.53. The molecule has 154 valence electrons. The lowest BCUT2D eigenvalue weighted by atomic mass is 10.0. The Labute approximate surface area is 196 Å². The Kier molecular flexibility index (Phi) is 5.68. The van der Waals surface area contributed by atoms with Crippen molar-refractivity contribution in [2.45, 2.75) is 0 Å². The van der Waals surface area contributed by atoms with E-state index in [1.807, 2.05) is 72.8 Å². The lowest BCUT2D eigenvalue weighted by Gasteiger charge is -2.10. The number of rotatable bonds is 4. The maximum atomic E-state index is 6.25. The summed E-state index contributed by atoms with van der Waals surface area (Å²) in [6.07, 6.45) is 0. The first kappa shape index (κ1) is 20.4. The fourth-order valence-corrected chi connectivity index (χ4v) is 4.03. The predicted molar refractivity (Wildman–Crippen MR) is 132 cm³/mol. The molecule has 5 aromatic rings. The van der Waals surface area contributed by atoms with Crippen molar-refractivity contribution in [2.24, 2.45) is 0 Å². The minimum Gasteiger partial charge on any atom is -0.208 e. The van der Waals surface area contributed by atoms with Gasteiger partial charge in [0, 0.05) is 26.7 Å². The Morgan fingerprint density at radius 3 is 1.47 bits per heavy atom. The Morgan fingerprint density at radius 1 is 0.375 bits per heavy atom. The molecule has 0 saturated carbocycles. The summed E-state index contributed by atoms with van der Waals surface area (Å²) in [4.78, 5) is 14.3. The zero-order chi connectivity index (χ0) is 21.9. The standard InChI is InChI=1S/C27H17Cl2N3/c28-23-15-22(16-24(29)17-23)27-31-25(19-10-5-2-6-11-19)30-26(32-27)21-13-7-12-20(14-21)18-8-3-1-4-9-18/h1-17H. The second kappa shape index (κ2) is 8.91. The molecule has 32 heavy (non-hydrogen) atoms. The molecule has 0 radical (unpaired) electrons. The molecule has 0 aliphatic rings. The van der Waals surface area contributed by atoms with Gasteiger partial charge in [-0.25, -0.2) is 15.0 Å². The van der Waals surface area contributed by atoms with Crippen molar-refractivity contribution in [1.82, 2.24) is 15.0 Å². The van der Waals surface area contributed by atoms with Gasteiger partial charge in [-0.3, -0.25) is 0 Å². The molecule has 1 heterocycles. The van der Waals surface area contributed by atoms with Gasteiger partial charge < -0.3 is 0 Å². The summed E-state index contributed by atoms with van der Waals surface area (Å²) < 4.78 is 0. The Balaban J connectivity index is 1.69. The molecule has 0 bridgehead atoms. The largest absolute Gasteiger partial charge is 0.208 e. The van der Waals surface area contributed by atoms with E-state index >= 15 is 0 Å². The molecular formula is C27H17Cl2N3. The van der Waals surface area contributed by atoms with Gasteiger partial charge in [0.15, 0.2) is 17.5 Å².